The summed E-state index contributed by atoms with van der Waals surface area (Å²) >= 11 is 0. The van der Waals surface area contributed by atoms with Crippen LogP contribution in [0.3, 0.4) is 0 Å². The summed E-state index contributed by atoms with van der Waals surface area (Å²) in [6.07, 6.45) is 4.36. The largest absolute Gasteiger partial charge is 0.480 e. The van der Waals surface area contributed by atoms with E-state index in [1.807, 2.05) is 19.9 Å². The van der Waals surface area contributed by atoms with Crippen molar-refractivity contribution < 1.29 is 9.90 Å². The quantitative estimate of drug-likeness (QED) is 0.778. The van der Waals surface area contributed by atoms with Crippen LogP contribution in [0.1, 0.15) is 45.7 Å². The van der Waals surface area contributed by atoms with Gasteiger partial charge in [0.2, 0.25) is 0 Å². The van der Waals surface area contributed by atoms with E-state index in [1.54, 1.807) is 0 Å². The van der Waals surface area contributed by atoms with Crippen LogP contribution in [0.15, 0.2) is 12.4 Å². The van der Waals surface area contributed by atoms with Crippen LogP contribution in [0.4, 0.5) is 5.82 Å². The lowest BCUT2D eigenvalue weighted by atomic mass is 9.93. The van der Waals surface area contributed by atoms with Crippen molar-refractivity contribution in [2.75, 3.05) is 5.32 Å². The molecule has 18 heavy (non-hydrogen) atoms. The Bertz CT molecular complexity index is 403. The molecule has 0 spiro atoms. The Hall–Kier alpha value is -1.65. The van der Waals surface area contributed by atoms with Crippen molar-refractivity contribution in [3.8, 4) is 0 Å². The molecular weight excluding hydrogens is 230 g/mol. The number of aryl methyl sites for hydroxylation is 1. The average molecular weight is 251 g/mol. The van der Waals surface area contributed by atoms with Crippen molar-refractivity contribution in [3.63, 3.8) is 0 Å². The highest BCUT2D eigenvalue weighted by Gasteiger charge is 2.34. The fourth-order valence-electron chi connectivity index (χ4n) is 1.89. The Kier molecular flexibility index (Phi) is 5.07. The van der Waals surface area contributed by atoms with Crippen LogP contribution in [0.2, 0.25) is 0 Å². The Morgan fingerprint density at radius 2 is 2.00 bits per heavy atom. The van der Waals surface area contributed by atoms with E-state index in [1.165, 1.54) is 6.33 Å². The Morgan fingerprint density at radius 1 is 1.33 bits per heavy atom. The molecule has 5 nitrogen and oxygen atoms in total. The van der Waals surface area contributed by atoms with Gasteiger partial charge in [0, 0.05) is 11.8 Å². The van der Waals surface area contributed by atoms with Crippen LogP contribution in [-0.4, -0.2) is 26.6 Å². The summed E-state index contributed by atoms with van der Waals surface area (Å²) in [4.78, 5) is 19.6. The van der Waals surface area contributed by atoms with Gasteiger partial charge in [0.15, 0.2) is 0 Å². The van der Waals surface area contributed by atoms with E-state index in [9.17, 15) is 9.90 Å². The van der Waals surface area contributed by atoms with E-state index in [0.29, 0.717) is 18.7 Å². The zero-order chi connectivity index (χ0) is 13.6. The maximum Gasteiger partial charge on any atom is 0.329 e. The Labute approximate surface area is 108 Å². The van der Waals surface area contributed by atoms with Crippen LogP contribution in [0, 0.1) is 0 Å². The molecule has 0 atom stereocenters. The lowest BCUT2D eigenvalue weighted by Crippen LogP contribution is -2.45. The smallest absolute Gasteiger partial charge is 0.329 e. The molecule has 1 heterocycles. The second kappa shape index (κ2) is 6.33. The molecule has 0 aromatic carbocycles. The molecule has 0 saturated carbocycles. The van der Waals surface area contributed by atoms with Crippen molar-refractivity contribution in [3.05, 3.63) is 18.1 Å². The summed E-state index contributed by atoms with van der Waals surface area (Å²) in [5.74, 6) is -0.261. The monoisotopic (exact) mass is 251 g/mol. The first-order valence-corrected chi connectivity index (χ1v) is 6.40. The number of hydrogen-bond donors (Lipinski definition) is 2. The Balaban J connectivity index is 2.93. The lowest BCUT2D eigenvalue weighted by Gasteiger charge is -2.28. The standard InChI is InChI=1S/C13H21N3O2/c1-4-7-10-8-11(15-9-14-10)16-13(5-2,6-3)12(17)18/h8-9H,4-7H2,1-3H3,(H,17,18)(H,14,15,16). The van der Waals surface area contributed by atoms with Crippen molar-refractivity contribution in [1.29, 1.82) is 0 Å². The van der Waals surface area contributed by atoms with Crippen molar-refractivity contribution >= 4 is 11.8 Å². The highest BCUT2D eigenvalue weighted by Crippen LogP contribution is 2.21. The van der Waals surface area contributed by atoms with Crippen LogP contribution in [0.5, 0.6) is 0 Å². The minimum Gasteiger partial charge on any atom is -0.480 e. The molecule has 100 valence electrons. The van der Waals surface area contributed by atoms with Gasteiger partial charge in [-0.25, -0.2) is 14.8 Å². The van der Waals surface area contributed by atoms with Crippen LogP contribution in [-0.2, 0) is 11.2 Å². The van der Waals surface area contributed by atoms with E-state index in [0.717, 1.165) is 18.5 Å². The molecule has 1 aromatic heterocycles. The number of carboxylic acid groups (broad SMARTS) is 1. The highest BCUT2D eigenvalue weighted by molar-refractivity contribution is 5.82. The molecule has 0 bridgehead atoms. The summed E-state index contributed by atoms with van der Waals surface area (Å²) in [5.41, 5.74) is -0.0146. The molecule has 0 aliphatic carbocycles. The topological polar surface area (TPSA) is 75.1 Å². The molecule has 2 N–H and O–H groups in total. The second-order valence-electron chi connectivity index (χ2n) is 4.36. The SMILES string of the molecule is CCCc1cc(NC(CC)(CC)C(=O)O)ncn1. The maximum atomic E-state index is 11.4. The van der Waals surface area contributed by atoms with Gasteiger partial charge in [-0.15, -0.1) is 0 Å². The zero-order valence-electron chi connectivity index (χ0n) is 11.2. The number of rotatable bonds is 7. The Morgan fingerprint density at radius 3 is 2.50 bits per heavy atom. The first-order chi connectivity index (χ1) is 8.57. The molecular formula is C13H21N3O2. The first kappa shape index (κ1) is 14.4. The second-order valence-corrected chi connectivity index (χ2v) is 4.36. The van der Waals surface area contributed by atoms with E-state index in [2.05, 4.69) is 22.2 Å². The number of carbonyl (C=O) groups is 1. The predicted octanol–water partition coefficient (Wildman–Crippen LogP) is 2.48. The van der Waals surface area contributed by atoms with Gasteiger partial charge in [0.1, 0.15) is 17.7 Å². The van der Waals surface area contributed by atoms with Crippen molar-refractivity contribution in [2.24, 2.45) is 0 Å². The van der Waals surface area contributed by atoms with Crippen LogP contribution >= 0.6 is 0 Å². The summed E-state index contributed by atoms with van der Waals surface area (Å²) in [6.45, 7) is 5.80. The molecule has 0 fully saturated rings. The van der Waals surface area contributed by atoms with Gasteiger partial charge in [-0.1, -0.05) is 27.2 Å². The molecule has 0 unspecified atom stereocenters. The van der Waals surface area contributed by atoms with Gasteiger partial charge >= 0.3 is 5.97 Å². The fourth-order valence-corrected chi connectivity index (χ4v) is 1.89. The highest BCUT2D eigenvalue weighted by atomic mass is 16.4. The predicted molar refractivity (Wildman–Crippen MR) is 70.6 cm³/mol. The van der Waals surface area contributed by atoms with Crippen LogP contribution in [0.25, 0.3) is 0 Å². The third-order valence-corrected chi connectivity index (χ3v) is 3.21. The fraction of sp³-hybridized carbons (Fsp3) is 0.615. The number of nitrogens with zero attached hydrogens (tertiary/aromatic N) is 2. The molecule has 1 aromatic rings. The first-order valence-electron chi connectivity index (χ1n) is 6.40. The lowest BCUT2D eigenvalue weighted by molar-refractivity contribution is -0.142. The number of aliphatic carboxylic acids is 1. The van der Waals surface area contributed by atoms with Gasteiger partial charge in [0.25, 0.3) is 0 Å². The van der Waals surface area contributed by atoms with Gasteiger partial charge < -0.3 is 10.4 Å². The molecule has 0 saturated heterocycles. The summed E-state index contributed by atoms with van der Waals surface area (Å²) in [7, 11) is 0. The third-order valence-electron chi connectivity index (χ3n) is 3.21. The van der Waals surface area contributed by atoms with Gasteiger partial charge in [0.05, 0.1) is 0 Å². The van der Waals surface area contributed by atoms with Crippen molar-refractivity contribution in [2.45, 2.75) is 52.0 Å². The summed E-state index contributed by atoms with van der Waals surface area (Å²) < 4.78 is 0. The number of hydrogen-bond acceptors (Lipinski definition) is 4. The number of nitrogens with one attached hydrogen (secondary N) is 1. The molecule has 5 heteroatoms. The van der Waals surface area contributed by atoms with E-state index in [-0.39, 0.29) is 0 Å². The number of carboxylic acids is 1. The molecule has 0 amide bonds. The average Bonchev–Trinajstić information content (AvgIpc) is 2.36. The van der Waals surface area contributed by atoms with Gasteiger partial charge in [-0.2, -0.15) is 0 Å². The number of anilines is 1. The van der Waals surface area contributed by atoms with Gasteiger partial charge in [-0.3, -0.25) is 0 Å². The van der Waals surface area contributed by atoms with E-state index in [4.69, 9.17) is 0 Å². The molecule has 0 aliphatic heterocycles. The van der Waals surface area contributed by atoms with Crippen LogP contribution < -0.4 is 5.32 Å². The van der Waals surface area contributed by atoms with Crippen molar-refractivity contribution in [1.82, 2.24) is 9.97 Å². The third kappa shape index (κ3) is 3.18. The van der Waals surface area contributed by atoms with Gasteiger partial charge in [-0.05, 0) is 19.3 Å². The number of aromatic nitrogens is 2. The normalized spacial score (nSPS) is 11.3. The minimum atomic E-state index is -0.947. The maximum absolute atomic E-state index is 11.4. The summed E-state index contributed by atoms with van der Waals surface area (Å²) in [5, 5.41) is 12.4. The minimum absolute atomic E-state index is 0.506. The van der Waals surface area contributed by atoms with E-state index < -0.39 is 11.5 Å². The molecule has 0 aliphatic rings. The summed E-state index contributed by atoms with van der Waals surface area (Å²) in [6, 6.07) is 1.83. The van der Waals surface area contributed by atoms with E-state index >= 15 is 0 Å². The zero-order valence-corrected chi connectivity index (χ0v) is 11.2. The molecule has 0 radical (unpaired) electrons. The molecule has 1 rings (SSSR count).